The zero-order valence-corrected chi connectivity index (χ0v) is 13.5. The summed E-state index contributed by atoms with van der Waals surface area (Å²) in [4.78, 5) is 36.6. The van der Waals surface area contributed by atoms with Crippen LogP contribution in [0.2, 0.25) is 0 Å². The Kier molecular flexibility index (Phi) is 3.58. The molecule has 2 heterocycles. The van der Waals surface area contributed by atoms with Gasteiger partial charge in [0.05, 0.1) is 17.6 Å². The van der Waals surface area contributed by atoms with E-state index in [4.69, 9.17) is 20.4 Å². The fourth-order valence-electron chi connectivity index (χ4n) is 2.74. The molecule has 0 spiro atoms. The third-order valence-corrected chi connectivity index (χ3v) is 4.22. The molecule has 0 fully saturated rings. The van der Waals surface area contributed by atoms with Crippen molar-refractivity contribution in [1.82, 2.24) is 9.13 Å². The van der Waals surface area contributed by atoms with Crippen LogP contribution in [-0.2, 0) is 6.54 Å². The summed E-state index contributed by atoms with van der Waals surface area (Å²) in [5, 5.41) is -1.16. The van der Waals surface area contributed by atoms with Crippen molar-refractivity contribution in [2.45, 2.75) is 11.9 Å². The van der Waals surface area contributed by atoms with Gasteiger partial charge in [0.15, 0.2) is 11.2 Å². The van der Waals surface area contributed by atoms with Crippen LogP contribution in [0.5, 0.6) is 0 Å². The van der Waals surface area contributed by atoms with Crippen molar-refractivity contribution >= 4 is 39.7 Å². The molecule has 0 aliphatic carbocycles. The molecule has 0 saturated heterocycles. The van der Waals surface area contributed by atoms with E-state index in [-0.39, 0.29) is 12.1 Å². The van der Waals surface area contributed by atoms with E-state index in [1.807, 2.05) is 0 Å². The van der Waals surface area contributed by atoms with Crippen LogP contribution >= 0.6 is 11.6 Å². The molecule has 2 aromatic heterocycles. The lowest BCUT2D eigenvalue weighted by Gasteiger charge is -2.09. The molecule has 7 nitrogen and oxygen atoms in total. The van der Waals surface area contributed by atoms with Crippen molar-refractivity contribution in [3.8, 4) is 0 Å². The van der Waals surface area contributed by atoms with Crippen LogP contribution in [0, 0.1) is 0 Å². The third-order valence-electron chi connectivity index (χ3n) is 3.89. The number of oxazole rings is 2. The van der Waals surface area contributed by atoms with Gasteiger partial charge in [-0.3, -0.25) is 9.36 Å². The minimum atomic E-state index is -1.16. The fraction of sp³-hybridized carbons (Fsp3) is 0.118. The molecule has 0 aliphatic heterocycles. The summed E-state index contributed by atoms with van der Waals surface area (Å²) < 4.78 is 12.3. The minimum Gasteiger partial charge on any atom is -0.408 e. The molecule has 0 bridgehead atoms. The van der Waals surface area contributed by atoms with Crippen molar-refractivity contribution in [3.63, 3.8) is 0 Å². The lowest BCUT2D eigenvalue weighted by atomic mass is 10.3. The minimum absolute atomic E-state index is 0.137. The van der Waals surface area contributed by atoms with E-state index in [1.165, 1.54) is 4.57 Å². The molecule has 4 rings (SSSR count). The van der Waals surface area contributed by atoms with Gasteiger partial charge in [0.1, 0.15) is 5.38 Å². The summed E-state index contributed by atoms with van der Waals surface area (Å²) in [6.45, 7) is -0.137. The highest BCUT2D eigenvalue weighted by molar-refractivity contribution is 6.31. The number of para-hydroxylation sites is 4. The number of fused-ring (bicyclic) bond motifs is 2. The lowest BCUT2D eigenvalue weighted by molar-refractivity contribution is 0.0897. The summed E-state index contributed by atoms with van der Waals surface area (Å²) >= 11 is 6.21. The zero-order chi connectivity index (χ0) is 17.6. The average Bonchev–Trinajstić information content (AvgIpc) is 3.10. The van der Waals surface area contributed by atoms with Crippen molar-refractivity contribution in [2.75, 3.05) is 0 Å². The number of alkyl halides is 1. The Morgan fingerprint density at radius 1 is 0.920 bits per heavy atom. The molecule has 0 N–H and O–H groups in total. The molecule has 0 amide bonds. The van der Waals surface area contributed by atoms with Crippen LogP contribution in [0.3, 0.4) is 0 Å². The van der Waals surface area contributed by atoms with Crippen LogP contribution in [0.25, 0.3) is 22.2 Å². The second-order valence-electron chi connectivity index (χ2n) is 5.42. The lowest BCUT2D eigenvalue weighted by Crippen LogP contribution is -2.34. The first-order chi connectivity index (χ1) is 12.1. The normalized spacial score (nSPS) is 12.7. The van der Waals surface area contributed by atoms with E-state index >= 15 is 0 Å². The van der Waals surface area contributed by atoms with Gasteiger partial charge in [-0.25, -0.2) is 14.2 Å². The Bertz CT molecular complexity index is 1210. The Labute approximate surface area is 144 Å². The number of benzene rings is 2. The Morgan fingerprint density at radius 3 is 2.20 bits per heavy atom. The highest BCUT2D eigenvalue weighted by Gasteiger charge is 2.25. The van der Waals surface area contributed by atoms with Gasteiger partial charge < -0.3 is 8.83 Å². The van der Waals surface area contributed by atoms with E-state index in [2.05, 4.69) is 0 Å². The van der Waals surface area contributed by atoms with Crippen LogP contribution < -0.4 is 11.5 Å². The number of hydrogen-bond acceptors (Lipinski definition) is 5. The average molecular weight is 359 g/mol. The molecular weight excluding hydrogens is 348 g/mol. The molecule has 1 unspecified atom stereocenters. The van der Waals surface area contributed by atoms with Crippen molar-refractivity contribution in [3.05, 3.63) is 69.6 Å². The molecule has 126 valence electrons. The molecular formula is C17H11ClN2O5. The Hall–Kier alpha value is -3.06. The second kappa shape index (κ2) is 5.78. The number of aromatic nitrogens is 2. The number of halogens is 1. The third kappa shape index (κ3) is 2.49. The van der Waals surface area contributed by atoms with Gasteiger partial charge in [-0.05, 0) is 24.3 Å². The van der Waals surface area contributed by atoms with Gasteiger partial charge in [0.2, 0.25) is 0 Å². The molecule has 2 aromatic carbocycles. The van der Waals surface area contributed by atoms with Gasteiger partial charge in [0.25, 0.3) is 5.91 Å². The summed E-state index contributed by atoms with van der Waals surface area (Å²) in [5.41, 5.74) is 1.54. The van der Waals surface area contributed by atoms with E-state index < -0.39 is 22.8 Å². The second-order valence-corrected chi connectivity index (χ2v) is 5.95. The van der Waals surface area contributed by atoms with E-state index in [1.54, 1.807) is 48.5 Å². The number of carbonyl (C=O) groups excluding carboxylic acids is 1. The molecule has 0 saturated carbocycles. The van der Waals surface area contributed by atoms with Crippen LogP contribution in [0.4, 0.5) is 0 Å². The van der Waals surface area contributed by atoms with E-state index in [9.17, 15) is 14.4 Å². The predicted molar refractivity (Wildman–Crippen MR) is 91.2 cm³/mol. The van der Waals surface area contributed by atoms with Crippen molar-refractivity contribution < 1.29 is 13.6 Å². The van der Waals surface area contributed by atoms with Gasteiger partial charge in [-0.15, -0.1) is 11.6 Å². The standard InChI is InChI=1S/C17H11ClN2O5/c18-10(9-19-11-5-1-3-7-13(11)24-16(19)22)15(21)20-12-6-2-4-8-14(12)25-17(20)23/h1-8,10H,9H2. The number of rotatable bonds is 3. The van der Waals surface area contributed by atoms with Crippen LogP contribution in [-0.4, -0.2) is 20.4 Å². The molecule has 1 atom stereocenters. The Balaban J connectivity index is 1.73. The van der Waals surface area contributed by atoms with Crippen LogP contribution in [0.1, 0.15) is 4.79 Å². The van der Waals surface area contributed by atoms with Crippen LogP contribution in [0.15, 0.2) is 67.0 Å². The summed E-state index contributed by atoms with van der Waals surface area (Å²) in [6.07, 6.45) is 0. The highest BCUT2D eigenvalue weighted by atomic mass is 35.5. The monoisotopic (exact) mass is 358 g/mol. The maximum atomic E-state index is 12.6. The van der Waals surface area contributed by atoms with E-state index in [0.717, 1.165) is 4.57 Å². The number of carbonyl (C=O) groups is 1. The largest absolute Gasteiger partial charge is 0.426 e. The summed E-state index contributed by atoms with van der Waals surface area (Å²) in [5.74, 6) is -2.11. The van der Waals surface area contributed by atoms with E-state index in [0.29, 0.717) is 16.6 Å². The molecule has 0 aliphatic rings. The topological polar surface area (TPSA) is 87.4 Å². The quantitative estimate of drug-likeness (QED) is 0.525. The first-order valence-corrected chi connectivity index (χ1v) is 7.87. The van der Waals surface area contributed by atoms with Gasteiger partial charge >= 0.3 is 11.5 Å². The smallest absolute Gasteiger partial charge is 0.408 e. The number of hydrogen-bond donors (Lipinski definition) is 0. The van der Waals surface area contributed by atoms with Crippen molar-refractivity contribution in [1.29, 1.82) is 0 Å². The predicted octanol–water partition coefficient (Wildman–Crippen LogP) is 2.45. The maximum absolute atomic E-state index is 12.6. The zero-order valence-electron chi connectivity index (χ0n) is 12.7. The first kappa shape index (κ1) is 15.5. The molecule has 25 heavy (non-hydrogen) atoms. The van der Waals surface area contributed by atoms with Crippen molar-refractivity contribution in [2.24, 2.45) is 0 Å². The summed E-state index contributed by atoms with van der Waals surface area (Å²) in [7, 11) is 0. The Morgan fingerprint density at radius 2 is 1.48 bits per heavy atom. The van der Waals surface area contributed by atoms with Gasteiger partial charge in [0, 0.05) is 0 Å². The molecule has 4 aromatic rings. The number of nitrogens with zero attached hydrogens (tertiary/aromatic N) is 2. The maximum Gasteiger partial charge on any atom is 0.426 e. The van der Waals surface area contributed by atoms with Gasteiger partial charge in [-0.1, -0.05) is 24.3 Å². The molecule has 0 radical (unpaired) electrons. The summed E-state index contributed by atoms with van der Waals surface area (Å²) in [6, 6.07) is 13.3. The highest BCUT2D eigenvalue weighted by Crippen LogP contribution is 2.16. The van der Waals surface area contributed by atoms with Gasteiger partial charge in [-0.2, -0.15) is 0 Å². The fourth-order valence-corrected chi connectivity index (χ4v) is 2.98. The SMILES string of the molecule is O=C(C(Cl)Cn1c(=O)oc2ccccc21)n1c(=O)oc2ccccc21. The molecule has 8 heteroatoms. The first-order valence-electron chi connectivity index (χ1n) is 7.43.